The molecule has 7 heteroatoms. The van der Waals surface area contributed by atoms with Gasteiger partial charge in [-0.25, -0.2) is 0 Å². The van der Waals surface area contributed by atoms with Gasteiger partial charge in [-0.1, -0.05) is 6.42 Å². The number of anilines is 1. The van der Waals surface area contributed by atoms with Crippen LogP contribution in [0.5, 0.6) is 0 Å². The first-order valence-corrected chi connectivity index (χ1v) is 6.76. The summed E-state index contributed by atoms with van der Waals surface area (Å²) in [6, 6.07) is 3.89. The fourth-order valence-corrected chi connectivity index (χ4v) is 2.29. The summed E-state index contributed by atoms with van der Waals surface area (Å²) >= 11 is 0. The molecule has 3 amide bonds. The molecule has 1 aromatic rings. The molecule has 1 aromatic carbocycles. The van der Waals surface area contributed by atoms with Gasteiger partial charge in [0.1, 0.15) is 0 Å². The average molecular weight is 290 g/mol. The van der Waals surface area contributed by atoms with Crippen LogP contribution in [0.25, 0.3) is 0 Å². The van der Waals surface area contributed by atoms with Crippen molar-refractivity contribution in [3.8, 4) is 0 Å². The normalized spacial score (nSPS) is 18.0. The summed E-state index contributed by atoms with van der Waals surface area (Å²) < 4.78 is 0. The monoisotopic (exact) mass is 290 g/mol. The van der Waals surface area contributed by atoms with Gasteiger partial charge in [0.25, 0.3) is 0 Å². The van der Waals surface area contributed by atoms with Crippen LogP contribution in [0.1, 0.15) is 40.0 Å². The van der Waals surface area contributed by atoms with E-state index in [4.69, 9.17) is 11.5 Å². The Labute approximate surface area is 122 Å². The summed E-state index contributed by atoms with van der Waals surface area (Å²) in [5, 5.41) is 5.80. The Kier molecular flexibility index (Phi) is 4.54. The number of hydrogen-bond donors (Lipinski definition) is 4. The first-order chi connectivity index (χ1) is 9.97. The van der Waals surface area contributed by atoms with Gasteiger partial charge in [0.15, 0.2) is 0 Å². The predicted octanol–water partition coefficient (Wildman–Crippen LogP) is -0.0350. The third-order valence-electron chi connectivity index (χ3n) is 3.40. The van der Waals surface area contributed by atoms with Crippen molar-refractivity contribution in [3.05, 3.63) is 29.3 Å². The summed E-state index contributed by atoms with van der Waals surface area (Å²) in [5.41, 5.74) is 11.0. The number of benzene rings is 1. The molecule has 0 aromatic heterocycles. The standard InChI is InChI=1S/C14H18N4O3/c15-12(19)8-5-9(13(16)20)7-10(6-8)18-14(21)11-3-1-2-4-17-11/h5-7,11,17H,1-4H2,(H2,15,19)(H2,16,20)(H,18,21). The van der Waals surface area contributed by atoms with Gasteiger partial charge in [0, 0.05) is 16.8 Å². The lowest BCUT2D eigenvalue weighted by molar-refractivity contribution is -0.118. The van der Waals surface area contributed by atoms with Crippen molar-refractivity contribution in [3.63, 3.8) is 0 Å². The van der Waals surface area contributed by atoms with Crippen LogP contribution in [-0.2, 0) is 4.79 Å². The van der Waals surface area contributed by atoms with Gasteiger partial charge in [0.05, 0.1) is 6.04 Å². The summed E-state index contributed by atoms with van der Waals surface area (Å²) in [4.78, 5) is 34.6. The molecule has 1 heterocycles. The lowest BCUT2D eigenvalue weighted by Gasteiger charge is -2.22. The summed E-state index contributed by atoms with van der Waals surface area (Å²) in [6.07, 6.45) is 2.79. The maximum Gasteiger partial charge on any atom is 0.248 e. The molecule has 0 spiro atoms. The van der Waals surface area contributed by atoms with E-state index in [0.717, 1.165) is 25.8 Å². The zero-order valence-corrected chi connectivity index (χ0v) is 11.5. The fourth-order valence-electron chi connectivity index (χ4n) is 2.29. The molecular weight excluding hydrogens is 272 g/mol. The fraction of sp³-hybridized carbons (Fsp3) is 0.357. The molecule has 0 aliphatic carbocycles. The Balaban J connectivity index is 2.20. The highest BCUT2D eigenvalue weighted by atomic mass is 16.2. The maximum absolute atomic E-state index is 12.1. The van der Waals surface area contributed by atoms with E-state index >= 15 is 0 Å². The van der Waals surface area contributed by atoms with Crippen LogP contribution in [0.15, 0.2) is 18.2 Å². The number of carbonyl (C=O) groups is 3. The number of rotatable bonds is 4. The first-order valence-electron chi connectivity index (χ1n) is 6.76. The van der Waals surface area contributed by atoms with Crippen molar-refractivity contribution in [1.29, 1.82) is 0 Å². The number of nitrogens with two attached hydrogens (primary N) is 2. The highest BCUT2D eigenvalue weighted by Gasteiger charge is 2.21. The highest BCUT2D eigenvalue weighted by Crippen LogP contribution is 2.16. The van der Waals surface area contributed by atoms with Gasteiger partial charge in [0.2, 0.25) is 17.7 Å². The number of piperidine rings is 1. The van der Waals surface area contributed by atoms with E-state index in [1.165, 1.54) is 18.2 Å². The van der Waals surface area contributed by atoms with Crippen LogP contribution >= 0.6 is 0 Å². The van der Waals surface area contributed by atoms with Gasteiger partial charge in [-0.05, 0) is 37.6 Å². The van der Waals surface area contributed by atoms with Crippen LogP contribution in [-0.4, -0.2) is 30.3 Å². The number of amides is 3. The Morgan fingerprint density at radius 2 is 1.67 bits per heavy atom. The predicted molar refractivity (Wildman–Crippen MR) is 77.7 cm³/mol. The maximum atomic E-state index is 12.1. The van der Waals surface area contributed by atoms with Crippen LogP contribution in [0.2, 0.25) is 0 Å². The smallest absolute Gasteiger partial charge is 0.248 e. The minimum absolute atomic E-state index is 0.123. The molecule has 6 N–H and O–H groups in total. The van der Waals surface area contributed by atoms with Gasteiger partial charge < -0.3 is 22.1 Å². The van der Waals surface area contributed by atoms with E-state index in [1.807, 2.05) is 0 Å². The van der Waals surface area contributed by atoms with E-state index in [9.17, 15) is 14.4 Å². The molecule has 0 saturated carbocycles. The Morgan fingerprint density at radius 3 is 2.14 bits per heavy atom. The first kappa shape index (κ1) is 15.0. The zero-order valence-electron chi connectivity index (χ0n) is 11.5. The van der Waals surface area contributed by atoms with E-state index < -0.39 is 11.8 Å². The molecule has 7 nitrogen and oxygen atoms in total. The second kappa shape index (κ2) is 6.36. The van der Waals surface area contributed by atoms with Crippen molar-refractivity contribution in [1.82, 2.24) is 5.32 Å². The Hall–Kier alpha value is -2.41. The van der Waals surface area contributed by atoms with Gasteiger partial charge in [-0.2, -0.15) is 0 Å². The van der Waals surface area contributed by atoms with Crippen LogP contribution in [0.4, 0.5) is 5.69 Å². The van der Waals surface area contributed by atoms with Gasteiger partial charge in [-0.3, -0.25) is 14.4 Å². The van der Waals surface area contributed by atoms with E-state index in [-0.39, 0.29) is 23.1 Å². The second-order valence-electron chi connectivity index (χ2n) is 5.02. The molecule has 112 valence electrons. The largest absolute Gasteiger partial charge is 0.366 e. The molecule has 21 heavy (non-hydrogen) atoms. The highest BCUT2D eigenvalue weighted by molar-refractivity contribution is 6.02. The summed E-state index contributed by atoms with van der Waals surface area (Å²) in [5.74, 6) is -1.58. The molecular formula is C14H18N4O3. The molecule has 1 fully saturated rings. The number of hydrogen-bond acceptors (Lipinski definition) is 4. The van der Waals surface area contributed by atoms with Crippen LogP contribution < -0.4 is 22.1 Å². The van der Waals surface area contributed by atoms with Crippen molar-refractivity contribution in [2.75, 3.05) is 11.9 Å². The van der Waals surface area contributed by atoms with E-state index in [2.05, 4.69) is 10.6 Å². The van der Waals surface area contributed by atoms with Gasteiger partial charge >= 0.3 is 0 Å². The average Bonchev–Trinajstić information content (AvgIpc) is 2.47. The van der Waals surface area contributed by atoms with Crippen LogP contribution in [0, 0.1) is 0 Å². The number of nitrogens with one attached hydrogen (secondary N) is 2. The molecule has 1 aliphatic heterocycles. The number of carbonyl (C=O) groups excluding carboxylic acids is 3. The van der Waals surface area contributed by atoms with Crippen molar-refractivity contribution < 1.29 is 14.4 Å². The van der Waals surface area contributed by atoms with Crippen LogP contribution in [0.3, 0.4) is 0 Å². The summed E-state index contributed by atoms with van der Waals surface area (Å²) in [7, 11) is 0. The van der Waals surface area contributed by atoms with Crippen molar-refractivity contribution in [2.45, 2.75) is 25.3 Å². The zero-order chi connectivity index (χ0) is 15.4. The second-order valence-corrected chi connectivity index (χ2v) is 5.02. The third-order valence-corrected chi connectivity index (χ3v) is 3.40. The molecule has 2 rings (SSSR count). The van der Waals surface area contributed by atoms with E-state index in [0.29, 0.717) is 5.69 Å². The van der Waals surface area contributed by atoms with Gasteiger partial charge in [-0.15, -0.1) is 0 Å². The molecule has 1 saturated heterocycles. The molecule has 0 radical (unpaired) electrons. The van der Waals surface area contributed by atoms with Crippen molar-refractivity contribution in [2.24, 2.45) is 11.5 Å². The summed E-state index contributed by atoms with van der Waals surface area (Å²) in [6.45, 7) is 0.798. The minimum atomic E-state index is -0.690. The molecule has 1 aliphatic rings. The lowest BCUT2D eigenvalue weighted by atomic mass is 10.0. The quantitative estimate of drug-likeness (QED) is 0.620. The molecule has 1 unspecified atom stereocenters. The van der Waals surface area contributed by atoms with E-state index in [1.54, 1.807) is 0 Å². The molecule has 1 atom stereocenters. The number of primary amides is 2. The topological polar surface area (TPSA) is 127 Å². The Morgan fingerprint density at radius 1 is 1.05 bits per heavy atom. The third kappa shape index (κ3) is 3.79. The lowest BCUT2D eigenvalue weighted by Crippen LogP contribution is -2.43. The SMILES string of the molecule is NC(=O)c1cc(NC(=O)C2CCCCN2)cc(C(N)=O)c1. The van der Waals surface area contributed by atoms with Crippen molar-refractivity contribution >= 4 is 23.4 Å². The Bertz CT molecular complexity index is 547. The minimum Gasteiger partial charge on any atom is -0.366 e. The molecule has 0 bridgehead atoms.